The molecule has 8 saturated heterocycles. The van der Waals surface area contributed by atoms with Gasteiger partial charge in [-0.15, -0.1) is 0 Å². The maximum atomic E-state index is 11.0. The Balaban J connectivity index is 0.000000200. The Morgan fingerprint density at radius 2 is 0.938 bits per heavy atom. The van der Waals surface area contributed by atoms with E-state index in [-0.39, 0.29) is 96.1 Å². The van der Waals surface area contributed by atoms with E-state index in [1.54, 1.807) is 24.3 Å². The quantitative estimate of drug-likeness (QED) is 0.0504. The molecular weight excluding hydrogens is 1300 g/mol. The van der Waals surface area contributed by atoms with E-state index in [1.807, 2.05) is 106 Å². The van der Waals surface area contributed by atoms with Crippen molar-refractivity contribution in [3.63, 3.8) is 0 Å². The molecule has 8 unspecified atom stereocenters. The standard InChI is InChI=1S/2C12H17NO2.C11H13NO2.C8H11N.C7H8O3PS.C7H8O3S.2C4H9NO2.C4H6O2.H2/c2*1-9(10-5-3-2-4-6-10)13-11-7-15-8-12(11)14;13-8-6-14-11-9(12-10(8)11)7-4-2-1-3-5-7;1-7(9)8-5-3-2-4-6-8;1-6-2-4-7(5-3-6)12(9,10)11-8;1-6-2-4-7(5-3-6)11(8,9)10;2*5-3-1-7-2-4(3)6;1-3-4(6-3)2-5-1;/h2*2-6,9,11-14H,7-8H2,1H3;1-5,8-13H,6H2;2-7H,9H2,1H3;2-5,11H,1H3;2-5H,1H3,(H,8,9,10);2*3-4,6H,1-2,5H2;3-4H,1-2H2;1H/q;;;;-1;;;;;/t9-,11?,12+;9-,11?,12-;8-,9+,10?,11?;7-;;;3?,4-;3-,4-;;/m0000..00../s1. The summed E-state index contributed by atoms with van der Waals surface area (Å²) in [7, 11) is -9.13. The topological polar surface area (TPSA) is 399 Å². The van der Waals surface area contributed by atoms with E-state index < -0.39 is 33.7 Å². The summed E-state index contributed by atoms with van der Waals surface area (Å²) in [4.78, 5) is 10.2. The molecule has 14 rings (SSSR count). The predicted octanol–water partition coefficient (Wildman–Crippen LogP) is 2.62. The van der Waals surface area contributed by atoms with Crippen LogP contribution in [-0.2, 0) is 52.7 Å². The first-order chi connectivity index (χ1) is 45.8. The lowest BCUT2D eigenvalue weighted by Gasteiger charge is -2.41. The first-order valence-corrected chi connectivity index (χ1v) is 36.5. The summed E-state index contributed by atoms with van der Waals surface area (Å²) in [5.41, 5.74) is 21.4. The Morgan fingerprint density at radius 1 is 0.531 bits per heavy atom. The SMILES string of the molecule is C1OCC2OC12.C[C@H](N)c1ccccc1.C[C@H](NC1COC[C@@H]1O)c1ccccc1.C[C@H](NC1COC[C@H]1O)c1ccccc1.Cc1ccc(S(=O)(=O)P[O-])cc1.Cc1ccc(S(=O)(=O)[O-])cc1.NC1COC[C@@H]1O.O[C@H]1COC2C1N[C@@H]2c1ccccc1.[HH].[NH3+][C@H]1COC[C@@H]1O. The molecule has 0 bridgehead atoms. The first kappa shape index (κ1) is 79.8. The minimum absolute atomic E-state index is 0. The molecule has 0 amide bonds. The fraction of sp³-hybridized carbons (Fsp3) is 0.478. The number of epoxide rings is 1. The van der Waals surface area contributed by atoms with Crippen molar-refractivity contribution in [2.24, 2.45) is 11.5 Å². The van der Waals surface area contributed by atoms with Crippen LogP contribution in [0.4, 0.5) is 0 Å². The van der Waals surface area contributed by atoms with Gasteiger partial charge in [-0.3, -0.25) is 5.32 Å². The van der Waals surface area contributed by atoms with Gasteiger partial charge in [0.25, 0.3) is 0 Å². The van der Waals surface area contributed by atoms with Gasteiger partial charge in [0.1, 0.15) is 41.1 Å². The van der Waals surface area contributed by atoms with Crippen LogP contribution in [-0.4, -0.2) is 199 Å². The van der Waals surface area contributed by atoms with Crippen molar-refractivity contribution in [3.05, 3.63) is 203 Å². The van der Waals surface area contributed by atoms with E-state index in [1.165, 1.54) is 46.5 Å². The normalized spacial score (nSPS) is 28.1. The Bertz CT molecular complexity index is 3240. The van der Waals surface area contributed by atoms with Crippen LogP contribution in [0.25, 0.3) is 0 Å². The molecule has 6 aromatic carbocycles. The summed E-state index contributed by atoms with van der Waals surface area (Å²) >= 11 is 0. The number of nitrogens with two attached hydrogens (primary N) is 2. The highest BCUT2D eigenvalue weighted by Gasteiger charge is 2.50. The van der Waals surface area contributed by atoms with E-state index in [9.17, 15) is 41.6 Å². The minimum Gasteiger partial charge on any atom is -0.820 e. The van der Waals surface area contributed by atoms with Crippen LogP contribution in [0.15, 0.2) is 180 Å². The van der Waals surface area contributed by atoms with Gasteiger partial charge in [0.05, 0.1) is 137 Å². The van der Waals surface area contributed by atoms with Crippen LogP contribution in [0.1, 0.15) is 79.7 Å². The highest BCUT2D eigenvalue weighted by molar-refractivity contribution is 8.41. The Morgan fingerprint density at radius 3 is 1.24 bits per heavy atom. The van der Waals surface area contributed by atoms with Crippen molar-refractivity contribution < 1.29 is 92.1 Å². The van der Waals surface area contributed by atoms with Crippen LogP contribution in [0, 0.1) is 13.8 Å². The van der Waals surface area contributed by atoms with Crippen molar-refractivity contribution in [2.75, 3.05) is 72.7 Å². The molecule has 0 spiro atoms. The van der Waals surface area contributed by atoms with E-state index in [4.69, 9.17) is 54.8 Å². The van der Waals surface area contributed by atoms with Crippen LogP contribution in [0.2, 0.25) is 0 Å². The van der Waals surface area contributed by atoms with Crippen molar-refractivity contribution >= 4 is 27.6 Å². The summed E-state index contributed by atoms with van der Waals surface area (Å²) in [6.07, 6.45) is -0.699. The molecule has 532 valence electrons. The molecule has 8 fully saturated rings. The molecule has 96 heavy (non-hydrogen) atoms. The number of aliphatic hydroxyl groups excluding tert-OH is 5. The summed E-state index contributed by atoms with van der Waals surface area (Å²) in [5, 5.41) is 56.3. The number of hydrogen-bond acceptors (Lipinski definition) is 23. The zero-order chi connectivity index (χ0) is 69.8. The monoisotopic (exact) mass is 1400 g/mol. The van der Waals surface area contributed by atoms with Gasteiger partial charge in [0, 0.05) is 19.6 Å². The third-order valence-electron chi connectivity index (χ3n) is 16.3. The second kappa shape index (κ2) is 40.8. The Kier molecular flexibility index (Phi) is 33.9. The predicted molar refractivity (Wildman–Crippen MR) is 364 cm³/mol. The molecule has 18 atom stereocenters. The lowest BCUT2D eigenvalue weighted by Crippen LogP contribution is -2.66. The summed E-state index contributed by atoms with van der Waals surface area (Å²) in [6, 6.07) is 53.8. The van der Waals surface area contributed by atoms with Crippen molar-refractivity contribution in [1.82, 2.24) is 16.0 Å². The number of aliphatic hydroxyl groups is 5. The molecule has 0 radical (unpaired) electrons. The van der Waals surface area contributed by atoms with Gasteiger partial charge in [-0.2, -0.15) is 0 Å². The summed E-state index contributed by atoms with van der Waals surface area (Å²) < 4.78 is 88.8. The average Bonchev–Trinajstić information content (AvgIpc) is 1.71. The van der Waals surface area contributed by atoms with Gasteiger partial charge in [-0.05, 0) is 81.1 Å². The number of nitrogens with one attached hydrogen (secondary N) is 3. The summed E-state index contributed by atoms with van der Waals surface area (Å²) in [5.74, 6) is 0. The molecule has 15 N–H and O–H groups in total. The maximum absolute atomic E-state index is 11.0. The largest absolute Gasteiger partial charge is 0.820 e. The number of quaternary nitrogens is 1. The first-order valence-electron chi connectivity index (χ1n) is 32.0. The number of rotatable bonds is 11. The lowest BCUT2D eigenvalue weighted by molar-refractivity contribution is -0.429. The molecule has 6 aromatic rings. The van der Waals surface area contributed by atoms with Crippen LogP contribution < -0.4 is 38.0 Å². The summed E-state index contributed by atoms with van der Waals surface area (Å²) in [6.45, 7) is 16.1. The number of fused-ring (bicyclic) bond motifs is 2. The van der Waals surface area contributed by atoms with Crippen LogP contribution >= 0.6 is 8.01 Å². The fourth-order valence-electron chi connectivity index (χ4n) is 10.1. The van der Waals surface area contributed by atoms with Crippen LogP contribution in [0.3, 0.4) is 0 Å². The van der Waals surface area contributed by atoms with Gasteiger partial charge in [0.15, 0.2) is 9.46 Å². The van der Waals surface area contributed by atoms with Gasteiger partial charge >= 0.3 is 0 Å². The second-order valence-electron chi connectivity index (χ2n) is 24.2. The molecule has 27 heteroatoms. The molecule has 0 aliphatic carbocycles. The molecule has 8 aliphatic heterocycles. The third kappa shape index (κ3) is 27.2. The molecule has 8 heterocycles. The van der Waals surface area contributed by atoms with Gasteiger partial charge in [-0.25, -0.2) is 16.8 Å². The zero-order valence-corrected chi connectivity index (χ0v) is 57.6. The van der Waals surface area contributed by atoms with E-state index in [0.29, 0.717) is 71.7 Å². The average molecular weight is 1400 g/mol. The number of benzene rings is 6. The minimum atomic E-state index is -4.27. The van der Waals surface area contributed by atoms with Crippen molar-refractivity contribution in [2.45, 2.75) is 148 Å². The highest BCUT2D eigenvalue weighted by Crippen LogP contribution is 2.36. The van der Waals surface area contributed by atoms with Gasteiger partial charge in [0.2, 0.25) is 0 Å². The van der Waals surface area contributed by atoms with Crippen LogP contribution in [0.5, 0.6) is 0 Å². The lowest BCUT2D eigenvalue weighted by atomic mass is 9.86. The van der Waals surface area contributed by atoms with Crippen molar-refractivity contribution in [3.8, 4) is 0 Å². The second-order valence-corrected chi connectivity index (χ2v) is 29.4. The Labute approximate surface area is 567 Å². The molecule has 24 nitrogen and oxygen atoms in total. The maximum Gasteiger partial charge on any atom is 0.177 e. The van der Waals surface area contributed by atoms with Gasteiger partial charge < -0.3 is 96.0 Å². The molecule has 0 aromatic heterocycles. The smallest absolute Gasteiger partial charge is 0.177 e. The van der Waals surface area contributed by atoms with Gasteiger partial charge in [-0.1, -0.05) is 165 Å². The third-order valence-corrected chi connectivity index (χ3v) is 19.6. The fourth-order valence-corrected chi connectivity index (χ4v) is 11.9. The Hall–Kier alpha value is -5.15. The zero-order valence-electron chi connectivity index (χ0n) is 55.0. The highest BCUT2D eigenvalue weighted by atomic mass is 32.8. The van der Waals surface area contributed by atoms with Crippen molar-refractivity contribution in [1.29, 1.82) is 0 Å². The molecular formula is C69H100N6O18PS2-. The number of aryl methyl sites for hydroxylation is 2. The number of ether oxygens (including phenoxy) is 7. The molecule has 8 aliphatic rings. The number of hydrogen-bond donors (Lipinski definition) is 11. The van der Waals surface area contributed by atoms with E-state index >= 15 is 0 Å². The molecule has 0 saturated carbocycles. The van der Waals surface area contributed by atoms with E-state index in [2.05, 4.69) is 71.9 Å². The van der Waals surface area contributed by atoms with E-state index in [0.717, 1.165) is 24.3 Å².